The van der Waals surface area contributed by atoms with Gasteiger partial charge in [0.2, 0.25) is 0 Å². The van der Waals surface area contributed by atoms with Crippen LogP contribution in [0.1, 0.15) is 40.5 Å². The lowest BCUT2D eigenvalue weighted by atomic mass is 9.71. The highest BCUT2D eigenvalue weighted by Gasteiger charge is 2.50. The fourth-order valence-electron chi connectivity index (χ4n) is 2.65. The first-order chi connectivity index (χ1) is 6.13. The van der Waals surface area contributed by atoms with Gasteiger partial charge in [0, 0.05) is 11.1 Å². The number of hydrogen-bond acceptors (Lipinski definition) is 4. The van der Waals surface area contributed by atoms with Gasteiger partial charge in [-0.1, -0.05) is 0 Å². The van der Waals surface area contributed by atoms with E-state index >= 15 is 0 Å². The Hall–Kier alpha value is -0.630. The van der Waals surface area contributed by atoms with Crippen molar-refractivity contribution < 1.29 is 5.21 Å². The summed E-state index contributed by atoms with van der Waals surface area (Å²) in [5, 5.41) is 20.3. The molecular weight excluding hydrogens is 178 g/mol. The third-order valence-electron chi connectivity index (χ3n) is 2.87. The molecule has 4 nitrogen and oxygen atoms in total. The molecule has 0 aromatic rings. The first-order valence-electron chi connectivity index (χ1n) is 4.82. The molecule has 4 heteroatoms. The van der Waals surface area contributed by atoms with Crippen LogP contribution in [0.3, 0.4) is 0 Å². The third-order valence-corrected chi connectivity index (χ3v) is 2.87. The summed E-state index contributed by atoms with van der Waals surface area (Å²) < 4.78 is 0. The molecule has 1 saturated heterocycles. The minimum atomic E-state index is -0.827. The van der Waals surface area contributed by atoms with Crippen LogP contribution in [-0.2, 0) is 0 Å². The highest BCUT2D eigenvalue weighted by Crippen LogP contribution is 2.40. The molecule has 1 aliphatic heterocycles. The molecule has 0 saturated carbocycles. The van der Waals surface area contributed by atoms with Crippen molar-refractivity contribution in [1.29, 1.82) is 5.26 Å². The Morgan fingerprint density at radius 3 is 1.86 bits per heavy atom. The van der Waals surface area contributed by atoms with E-state index < -0.39 is 16.6 Å². The number of nitrogens with zero attached hydrogens (tertiary/aromatic N) is 2. The maximum atomic E-state index is 9.96. The smallest absolute Gasteiger partial charge is 0.107 e. The summed E-state index contributed by atoms with van der Waals surface area (Å²) in [6.07, 6.45) is 0.965. The standard InChI is InChI=1S/C10H19N3O/c1-8(2)5-10(12,7-11)6-9(3,4)13(8)14/h14H,5-6,12H2,1-4H3. The van der Waals surface area contributed by atoms with E-state index in [2.05, 4.69) is 6.07 Å². The molecule has 0 radical (unpaired) electrons. The first-order valence-corrected chi connectivity index (χ1v) is 4.82. The van der Waals surface area contributed by atoms with E-state index in [0.29, 0.717) is 12.8 Å². The summed E-state index contributed by atoms with van der Waals surface area (Å²) in [6.45, 7) is 7.58. The lowest BCUT2D eigenvalue weighted by Crippen LogP contribution is -2.66. The van der Waals surface area contributed by atoms with Crippen LogP contribution in [-0.4, -0.2) is 26.9 Å². The highest BCUT2D eigenvalue weighted by molar-refractivity contribution is 5.15. The zero-order valence-corrected chi connectivity index (χ0v) is 9.33. The molecule has 1 fully saturated rings. The molecule has 0 aliphatic carbocycles. The van der Waals surface area contributed by atoms with Crippen LogP contribution in [0.2, 0.25) is 0 Å². The van der Waals surface area contributed by atoms with E-state index in [9.17, 15) is 5.21 Å². The lowest BCUT2D eigenvalue weighted by Gasteiger charge is -2.53. The van der Waals surface area contributed by atoms with E-state index in [4.69, 9.17) is 11.0 Å². The SMILES string of the molecule is CC1(C)CC(N)(C#N)CC(C)(C)N1O. The van der Waals surface area contributed by atoms with Crippen LogP contribution in [0, 0.1) is 11.3 Å². The minimum Gasteiger partial charge on any atom is -0.313 e. The number of nitrogens with two attached hydrogens (primary N) is 1. The van der Waals surface area contributed by atoms with Gasteiger partial charge in [0.25, 0.3) is 0 Å². The number of hydroxylamine groups is 2. The zero-order chi connectivity index (χ0) is 11.2. The van der Waals surface area contributed by atoms with Gasteiger partial charge in [-0.2, -0.15) is 10.3 Å². The van der Waals surface area contributed by atoms with Crippen molar-refractivity contribution in [3.05, 3.63) is 0 Å². The fourth-order valence-corrected chi connectivity index (χ4v) is 2.65. The van der Waals surface area contributed by atoms with Crippen LogP contribution in [0.15, 0.2) is 0 Å². The molecule has 1 aliphatic rings. The van der Waals surface area contributed by atoms with Crippen molar-refractivity contribution in [2.24, 2.45) is 5.73 Å². The van der Waals surface area contributed by atoms with Crippen molar-refractivity contribution in [2.45, 2.75) is 57.2 Å². The van der Waals surface area contributed by atoms with E-state index in [0.717, 1.165) is 0 Å². The molecule has 14 heavy (non-hydrogen) atoms. The van der Waals surface area contributed by atoms with Crippen molar-refractivity contribution in [3.8, 4) is 6.07 Å². The summed E-state index contributed by atoms with van der Waals surface area (Å²) in [7, 11) is 0. The van der Waals surface area contributed by atoms with Gasteiger partial charge in [-0.3, -0.25) is 0 Å². The Morgan fingerprint density at radius 1 is 1.21 bits per heavy atom. The second-order valence-electron chi connectivity index (χ2n) is 5.56. The molecule has 0 amide bonds. The van der Waals surface area contributed by atoms with Gasteiger partial charge in [-0.15, -0.1) is 0 Å². The molecule has 0 atom stereocenters. The average Bonchev–Trinajstić information content (AvgIpc) is 1.99. The Bertz CT molecular complexity index is 260. The number of nitriles is 1. The predicted molar refractivity (Wildman–Crippen MR) is 53.5 cm³/mol. The van der Waals surface area contributed by atoms with Crippen LogP contribution in [0.5, 0.6) is 0 Å². The van der Waals surface area contributed by atoms with Crippen LogP contribution in [0.4, 0.5) is 0 Å². The Balaban J connectivity index is 3.05. The van der Waals surface area contributed by atoms with Gasteiger partial charge in [-0.25, -0.2) is 0 Å². The first kappa shape index (κ1) is 11.4. The highest BCUT2D eigenvalue weighted by atomic mass is 16.5. The maximum absolute atomic E-state index is 9.96. The van der Waals surface area contributed by atoms with Crippen molar-refractivity contribution in [2.75, 3.05) is 0 Å². The molecule has 0 spiro atoms. The summed E-state index contributed by atoms with van der Waals surface area (Å²) >= 11 is 0. The van der Waals surface area contributed by atoms with Gasteiger partial charge in [-0.05, 0) is 40.5 Å². The molecule has 0 aromatic carbocycles. The van der Waals surface area contributed by atoms with Crippen LogP contribution >= 0.6 is 0 Å². The second-order valence-corrected chi connectivity index (χ2v) is 5.56. The largest absolute Gasteiger partial charge is 0.313 e. The van der Waals surface area contributed by atoms with Gasteiger partial charge < -0.3 is 10.9 Å². The quantitative estimate of drug-likeness (QED) is 0.613. The summed E-state index contributed by atoms with van der Waals surface area (Å²) in [4.78, 5) is 0. The monoisotopic (exact) mass is 197 g/mol. The van der Waals surface area contributed by atoms with Gasteiger partial charge in [0.1, 0.15) is 5.54 Å². The zero-order valence-electron chi connectivity index (χ0n) is 9.33. The predicted octanol–water partition coefficient (Wildman–Crippen LogP) is 1.25. The number of rotatable bonds is 0. The van der Waals surface area contributed by atoms with Gasteiger partial charge >= 0.3 is 0 Å². The molecule has 1 heterocycles. The van der Waals surface area contributed by atoms with Crippen molar-refractivity contribution >= 4 is 0 Å². The summed E-state index contributed by atoms with van der Waals surface area (Å²) in [5.41, 5.74) is 4.24. The van der Waals surface area contributed by atoms with E-state index in [-0.39, 0.29) is 0 Å². The summed E-state index contributed by atoms with van der Waals surface area (Å²) in [6, 6.07) is 2.15. The topological polar surface area (TPSA) is 73.3 Å². The molecule has 0 bridgehead atoms. The minimum absolute atomic E-state index is 0.452. The maximum Gasteiger partial charge on any atom is 0.107 e. The lowest BCUT2D eigenvalue weighted by molar-refractivity contribution is -0.249. The third kappa shape index (κ3) is 1.76. The summed E-state index contributed by atoms with van der Waals surface area (Å²) in [5.74, 6) is 0. The number of hydrogen-bond donors (Lipinski definition) is 2. The van der Waals surface area contributed by atoms with E-state index in [1.807, 2.05) is 27.7 Å². The Labute approximate surface area is 85.3 Å². The van der Waals surface area contributed by atoms with Crippen LogP contribution in [0.25, 0.3) is 0 Å². The van der Waals surface area contributed by atoms with Crippen molar-refractivity contribution in [1.82, 2.24) is 5.06 Å². The second kappa shape index (κ2) is 2.93. The van der Waals surface area contributed by atoms with Gasteiger partial charge in [0.15, 0.2) is 0 Å². The number of piperidine rings is 1. The van der Waals surface area contributed by atoms with E-state index in [1.54, 1.807) is 0 Å². The molecular formula is C10H19N3O. The molecule has 0 aromatic heterocycles. The molecule has 3 N–H and O–H groups in total. The van der Waals surface area contributed by atoms with Crippen LogP contribution < -0.4 is 5.73 Å². The fraction of sp³-hybridized carbons (Fsp3) is 0.900. The average molecular weight is 197 g/mol. The van der Waals surface area contributed by atoms with Crippen molar-refractivity contribution in [3.63, 3.8) is 0 Å². The normalized spacial score (nSPS) is 29.5. The molecule has 80 valence electrons. The molecule has 1 rings (SSSR count). The Morgan fingerprint density at radius 2 is 1.57 bits per heavy atom. The molecule has 0 unspecified atom stereocenters. The van der Waals surface area contributed by atoms with E-state index in [1.165, 1.54) is 5.06 Å². The Kier molecular flexibility index (Phi) is 2.39. The van der Waals surface area contributed by atoms with Gasteiger partial charge in [0.05, 0.1) is 6.07 Å².